The topological polar surface area (TPSA) is 132 Å². The number of carbonyl (C=O) groups is 1. The molecule has 2 aromatic heterocycles. The number of amides is 1. The van der Waals surface area contributed by atoms with Crippen LogP contribution < -0.4 is 30.8 Å². The fourth-order valence-electron chi connectivity index (χ4n) is 4.86. The second-order valence-corrected chi connectivity index (χ2v) is 10.5. The Morgan fingerprint density at radius 3 is 2.76 bits per heavy atom. The van der Waals surface area contributed by atoms with Crippen molar-refractivity contribution < 1.29 is 19.0 Å². The second-order valence-electron chi connectivity index (χ2n) is 10.1. The number of rotatable bonds is 9. The molecule has 1 aromatic carbocycles. The van der Waals surface area contributed by atoms with Gasteiger partial charge in [-0.15, -0.1) is 0 Å². The van der Waals surface area contributed by atoms with E-state index < -0.39 is 0 Å². The number of ether oxygens (including phenoxy) is 3. The maximum Gasteiger partial charge on any atom is 0.328 e. The van der Waals surface area contributed by atoms with Gasteiger partial charge in [0.15, 0.2) is 5.65 Å². The summed E-state index contributed by atoms with van der Waals surface area (Å²) in [5.41, 5.74) is 14.4. The molecule has 5 rings (SSSR count). The molecule has 1 aliphatic carbocycles. The van der Waals surface area contributed by atoms with Crippen molar-refractivity contribution in [3.8, 4) is 11.5 Å². The van der Waals surface area contributed by atoms with Gasteiger partial charge >= 0.3 is 6.03 Å². The quantitative estimate of drug-likeness (QED) is 0.323. The van der Waals surface area contributed by atoms with Crippen molar-refractivity contribution in [2.24, 2.45) is 5.73 Å². The summed E-state index contributed by atoms with van der Waals surface area (Å²) in [5.74, 6) is 1.41. The summed E-state index contributed by atoms with van der Waals surface area (Å²) in [4.78, 5) is 24.2. The number of fused-ring (bicyclic) bond motifs is 1. The first-order valence-corrected chi connectivity index (χ1v) is 13.6. The van der Waals surface area contributed by atoms with E-state index in [2.05, 4.69) is 20.7 Å². The molecule has 1 fully saturated rings. The first-order valence-electron chi connectivity index (χ1n) is 13.2. The number of aromatic nitrogens is 3. The monoisotopic (exact) mass is 582 g/mol. The van der Waals surface area contributed by atoms with Crippen LogP contribution in [-0.4, -0.2) is 72.6 Å². The molecule has 0 bridgehead atoms. The molecule has 0 radical (unpaired) electrons. The Bertz CT molecular complexity index is 1520. The van der Waals surface area contributed by atoms with Gasteiger partial charge < -0.3 is 35.6 Å². The highest BCUT2D eigenvalue weighted by atomic mass is 35.5. The zero-order chi connectivity index (χ0) is 29.3. The molecule has 13 heteroatoms. The van der Waals surface area contributed by atoms with Gasteiger partial charge in [0.25, 0.3) is 0 Å². The fraction of sp³-hybridized carbons (Fsp3) is 0.393. The van der Waals surface area contributed by atoms with Crippen LogP contribution >= 0.6 is 11.6 Å². The number of nitrogens with zero attached hydrogens (tertiary/aromatic N) is 5. The third-order valence-corrected chi connectivity index (χ3v) is 7.71. The van der Waals surface area contributed by atoms with E-state index in [4.69, 9.17) is 31.5 Å². The number of halogens is 1. The van der Waals surface area contributed by atoms with Gasteiger partial charge in [0.05, 0.1) is 55.8 Å². The number of pyridine rings is 1. The summed E-state index contributed by atoms with van der Waals surface area (Å²) >= 11 is 6.42. The van der Waals surface area contributed by atoms with Crippen LogP contribution in [0.5, 0.6) is 11.5 Å². The zero-order valence-electron chi connectivity index (χ0n) is 23.8. The van der Waals surface area contributed by atoms with E-state index in [1.807, 2.05) is 55.2 Å². The molecule has 0 unspecified atom stereocenters. The van der Waals surface area contributed by atoms with Crippen molar-refractivity contribution in [3.63, 3.8) is 0 Å². The van der Waals surface area contributed by atoms with Crippen LogP contribution in [0.25, 0.3) is 11.2 Å². The molecule has 12 nitrogen and oxygen atoms in total. The molecule has 3 heterocycles. The number of nitrogens with two attached hydrogens (primary N) is 1. The molecule has 4 N–H and O–H groups in total. The standard InChI is InChI=1S/C28H35ClN8O4/c1-16-20(30)10-18(34-36(16)3)14-41-23-9-8-21(23)32-28(38)37-15-31-26-22(12-25(29)33-27(26)37)35(2)13-17-6-7-19(39-4)11-24(17)40-5/h6-7,10-12,15,21,23,34H,8-9,13-14,30H2,1-5H3,(H,32,38)/t21-,23-/m1/s1. The maximum absolute atomic E-state index is 13.3. The number of hydrogen-bond donors (Lipinski definition) is 3. The Labute approximate surface area is 243 Å². The first kappa shape index (κ1) is 28.4. The van der Waals surface area contributed by atoms with E-state index in [9.17, 15) is 4.79 Å². The average molecular weight is 583 g/mol. The molecule has 0 spiro atoms. The molecular formula is C28H35ClN8O4. The summed E-state index contributed by atoms with van der Waals surface area (Å²) in [7, 11) is 7.05. The highest BCUT2D eigenvalue weighted by molar-refractivity contribution is 6.30. The first-order chi connectivity index (χ1) is 19.7. The fourth-order valence-corrected chi connectivity index (χ4v) is 5.04. The number of allylic oxidation sites excluding steroid dienone is 2. The Morgan fingerprint density at radius 2 is 2.07 bits per heavy atom. The van der Waals surface area contributed by atoms with Crippen molar-refractivity contribution in [1.29, 1.82) is 0 Å². The molecule has 218 valence electrons. The van der Waals surface area contributed by atoms with Gasteiger partial charge in [0.2, 0.25) is 0 Å². The highest BCUT2D eigenvalue weighted by Crippen LogP contribution is 2.31. The Balaban J connectivity index is 1.28. The lowest BCUT2D eigenvalue weighted by Crippen LogP contribution is -2.53. The lowest BCUT2D eigenvalue weighted by molar-refractivity contribution is -0.0150. The summed E-state index contributed by atoms with van der Waals surface area (Å²) in [5, 5.41) is 5.17. The van der Waals surface area contributed by atoms with E-state index >= 15 is 0 Å². The van der Waals surface area contributed by atoms with Gasteiger partial charge in [0.1, 0.15) is 28.5 Å². The number of nitrogens with one attached hydrogen (secondary N) is 2. The molecule has 1 saturated carbocycles. The number of hydrogen-bond acceptors (Lipinski definition) is 10. The van der Waals surface area contributed by atoms with Gasteiger partial charge in [-0.25, -0.2) is 19.3 Å². The van der Waals surface area contributed by atoms with Crippen LogP contribution in [0.15, 0.2) is 53.8 Å². The molecule has 1 aliphatic heterocycles. The third kappa shape index (κ3) is 5.84. The smallest absolute Gasteiger partial charge is 0.328 e. The molecular weight excluding hydrogens is 548 g/mol. The van der Waals surface area contributed by atoms with Gasteiger partial charge in [-0.3, -0.25) is 5.01 Å². The summed E-state index contributed by atoms with van der Waals surface area (Å²) in [6.45, 7) is 2.80. The predicted molar refractivity (Wildman–Crippen MR) is 157 cm³/mol. The van der Waals surface area contributed by atoms with Crippen LogP contribution in [0.1, 0.15) is 25.3 Å². The lowest BCUT2D eigenvalue weighted by atomic mass is 9.89. The number of methoxy groups -OCH3 is 2. The minimum absolute atomic E-state index is 0.118. The maximum atomic E-state index is 13.3. The number of imidazole rings is 1. The molecule has 41 heavy (non-hydrogen) atoms. The van der Waals surface area contributed by atoms with Crippen LogP contribution in [0, 0.1) is 0 Å². The number of carbonyl (C=O) groups excluding carboxylic acids is 1. The summed E-state index contributed by atoms with van der Waals surface area (Å²) in [6.07, 6.45) is 4.87. The summed E-state index contributed by atoms with van der Waals surface area (Å²) < 4.78 is 18.3. The van der Waals surface area contributed by atoms with Crippen LogP contribution in [-0.2, 0) is 11.3 Å². The van der Waals surface area contributed by atoms with Crippen molar-refractivity contribution in [1.82, 2.24) is 30.3 Å². The highest BCUT2D eigenvalue weighted by Gasteiger charge is 2.34. The largest absolute Gasteiger partial charge is 0.497 e. The molecule has 2 atom stereocenters. The van der Waals surface area contributed by atoms with Crippen LogP contribution in [0.2, 0.25) is 5.15 Å². The average Bonchev–Trinajstić information content (AvgIpc) is 3.37. The van der Waals surface area contributed by atoms with Crippen molar-refractivity contribution >= 4 is 34.5 Å². The number of hydrazine groups is 1. The van der Waals surface area contributed by atoms with Gasteiger partial charge in [0, 0.05) is 38.3 Å². The van der Waals surface area contributed by atoms with E-state index in [0.717, 1.165) is 35.5 Å². The van der Waals surface area contributed by atoms with Crippen LogP contribution in [0.4, 0.5) is 10.5 Å². The molecule has 0 saturated heterocycles. The minimum atomic E-state index is -0.344. The Hall–Kier alpha value is -4.16. The molecule has 2 aliphatic rings. The van der Waals surface area contributed by atoms with Gasteiger partial charge in [-0.1, -0.05) is 11.6 Å². The van der Waals surface area contributed by atoms with Crippen molar-refractivity contribution in [3.05, 3.63) is 64.5 Å². The summed E-state index contributed by atoms with van der Waals surface area (Å²) in [6, 6.07) is 6.92. The molecule has 3 aromatic rings. The number of benzene rings is 1. The second kappa shape index (κ2) is 11.8. The predicted octanol–water partition coefficient (Wildman–Crippen LogP) is 3.37. The van der Waals surface area contributed by atoms with E-state index in [1.165, 1.54) is 10.9 Å². The normalized spacial score (nSPS) is 18.5. The van der Waals surface area contributed by atoms with E-state index in [-0.39, 0.29) is 23.3 Å². The van der Waals surface area contributed by atoms with E-state index in [1.54, 1.807) is 20.3 Å². The zero-order valence-corrected chi connectivity index (χ0v) is 24.5. The van der Waals surface area contributed by atoms with Gasteiger partial charge in [-0.2, -0.15) is 0 Å². The third-order valence-electron chi connectivity index (χ3n) is 7.52. The number of anilines is 1. The SMILES string of the molecule is COc1ccc(CN(C)c2cc(Cl)nc3c2ncn3C(=O)N[C@@H]2CC[C@H]2OCC2=CC(N)=C(C)N(C)N2)c(OC)c1. The lowest BCUT2D eigenvalue weighted by Gasteiger charge is -2.37. The van der Waals surface area contributed by atoms with E-state index in [0.29, 0.717) is 41.5 Å². The van der Waals surface area contributed by atoms with Crippen molar-refractivity contribution in [2.45, 2.75) is 38.5 Å². The van der Waals surface area contributed by atoms with Crippen molar-refractivity contribution in [2.75, 3.05) is 39.8 Å². The Morgan fingerprint density at radius 1 is 1.27 bits per heavy atom. The minimum Gasteiger partial charge on any atom is -0.497 e. The molecule has 1 amide bonds. The Kier molecular flexibility index (Phi) is 8.13. The van der Waals surface area contributed by atoms with Gasteiger partial charge in [-0.05, 0) is 38.0 Å². The van der Waals surface area contributed by atoms with Crippen LogP contribution in [0.3, 0.4) is 0 Å².